The molecular weight excluding hydrogens is 320 g/mol. The minimum atomic E-state index is -0.0799. The van der Waals surface area contributed by atoms with Gasteiger partial charge in [0.15, 0.2) is 0 Å². The van der Waals surface area contributed by atoms with Crippen molar-refractivity contribution in [1.82, 2.24) is 0 Å². The average Bonchev–Trinajstić information content (AvgIpc) is 1.77. The van der Waals surface area contributed by atoms with Crippen LogP contribution in [0.2, 0.25) is 0 Å². The van der Waals surface area contributed by atoms with E-state index < -0.39 is 0 Å². The Balaban J connectivity index is -0.000000213. The van der Waals surface area contributed by atoms with Crippen molar-refractivity contribution in [3.8, 4) is 0 Å². The summed E-state index contributed by atoms with van der Waals surface area (Å²) in [6.07, 6.45) is 4.25. The van der Waals surface area contributed by atoms with E-state index in [9.17, 15) is 0 Å². The number of hydrogen-bond donors (Lipinski definition) is 0. The maximum atomic E-state index is 7.29. The first kappa shape index (κ1) is 17.6. The molecule has 0 amide bonds. The van der Waals surface area contributed by atoms with Crippen molar-refractivity contribution < 1.29 is 25.6 Å². The molecular formula is C7H17IrN2O. The molecule has 1 unspecified atom stereocenters. The molecule has 4 heteroatoms. The molecule has 0 heterocycles. The summed E-state index contributed by atoms with van der Waals surface area (Å²) in [5.41, 5.74) is 14.6. The van der Waals surface area contributed by atoms with Crippen LogP contribution in [-0.2, 0) is 20.1 Å². The van der Waals surface area contributed by atoms with Gasteiger partial charge in [0.2, 0.25) is 0 Å². The van der Waals surface area contributed by atoms with Gasteiger partial charge in [-0.2, -0.15) is 12.1 Å². The Morgan fingerprint density at radius 2 is 1.18 bits per heavy atom. The van der Waals surface area contributed by atoms with E-state index in [1.54, 1.807) is 0 Å². The molecule has 0 aromatic carbocycles. The van der Waals surface area contributed by atoms with Crippen LogP contribution in [0.25, 0.3) is 11.5 Å². The van der Waals surface area contributed by atoms with Crippen LogP contribution in [0.1, 0.15) is 25.7 Å². The molecule has 0 aromatic heterocycles. The predicted octanol–water partition coefficient (Wildman–Crippen LogP) is 2.03. The van der Waals surface area contributed by atoms with Crippen LogP contribution in [0.5, 0.6) is 0 Å². The SMILES string of the molecule is O.[CH3-].[Ir+3].[NH-]C1CCCC[C@@H]1[NH-]. The normalized spacial score (nSPS) is 28.9. The Labute approximate surface area is 82.6 Å². The van der Waals surface area contributed by atoms with Gasteiger partial charge < -0.3 is 24.4 Å². The molecule has 11 heavy (non-hydrogen) atoms. The Morgan fingerprint density at radius 1 is 0.909 bits per heavy atom. The molecule has 0 saturated heterocycles. The van der Waals surface area contributed by atoms with Crippen molar-refractivity contribution in [2.75, 3.05) is 0 Å². The fourth-order valence-corrected chi connectivity index (χ4v) is 1.13. The van der Waals surface area contributed by atoms with Crippen molar-refractivity contribution >= 4 is 0 Å². The zero-order valence-electron chi connectivity index (χ0n) is 6.82. The van der Waals surface area contributed by atoms with E-state index in [2.05, 4.69) is 0 Å². The van der Waals surface area contributed by atoms with Gasteiger partial charge in [-0.15, -0.1) is 0 Å². The maximum Gasteiger partial charge on any atom is 3.00 e. The fourth-order valence-electron chi connectivity index (χ4n) is 1.13. The molecule has 1 fully saturated rings. The summed E-state index contributed by atoms with van der Waals surface area (Å²) in [7, 11) is 0. The molecule has 1 aliphatic rings. The van der Waals surface area contributed by atoms with Crippen LogP contribution in [-0.4, -0.2) is 17.6 Å². The molecule has 0 bridgehead atoms. The third kappa shape index (κ3) is 5.76. The number of nitrogens with one attached hydrogen (secondary N) is 2. The van der Waals surface area contributed by atoms with Crippen LogP contribution in [0.3, 0.4) is 0 Å². The summed E-state index contributed by atoms with van der Waals surface area (Å²) in [6.45, 7) is 0. The van der Waals surface area contributed by atoms with Crippen LogP contribution >= 0.6 is 0 Å². The first-order valence-corrected chi connectivity index (χ1v) is 3.23. The van der Waals surface area contributed by atoms with Crippen molar-refractivity contribution in [3.63, 3.8) is 0 Å². The zero-order valence-corrected chi connectivity index (χ0v) is 9.21. The molecule has 4 N–H and O–H groups in total. The zero-order chi connectivity index (χ0) is 5.98. The van der Waals surface area contributed by atoms with Gasteiger partial charge in [-0.1, -0.05) is 25.7 Å². The van der Waals surface area contributed by atoms with Gasteiger partial charge in [-0.25, -0.2) is 0 Å². The monoisotopic (exact) mass is 338 g/mol. The average molecular weight is 337 g/mol. The summed E-state index contributed by atoms with van der Waals surface area (Å²) in [6, 6.07) is -0.160. The van der Waals surface area contributed by atoms with E-state index in [1.807, 2.05) is 0 Å². The minimum absolute atomic E-state index is 0. The van der Waals surface area contributed by atoms with E-state index in [-0.39, 0.29) is 45.1 Å². The Bertz CT molecular complexity index is 72.8. The molecule has 1 aliphatic carbocycles. The molecule has 1 rings (SSSR count). The van der Waals surface area contributed by atoms with Crippen molar-refractivity contribution in [2.45, 2.75) is 37.8 Å². The van der Waals surface area contributed by atoms with Crippen LogP contribution in [0, 0.1) is 7.43 Å². The first-order valence-electron chi connectivity index (χ1n) is 3.23. The maximum absolute atomic E-state index is 7.29. The Morgan fingerprint density at radius 3 is 1.36 bits per heavy atom. The number of hydrogen-bond acceptors (Lipinski definition) is 0. The van der Waals surface area contributed by atoms with Gasteiger partial charge in [0.1, 0.15) is 0 Å². The van der Waals surface area contributed by atoms with E-state index in [4.69, 9.17) is 11.5 Å². The van der Waals surface area contributed by atoms with Gasteiger partial charge in [0, 0.05) is 0 Å². The second kappa shape index (κ2) is 8.62. The summed E-state index contributed by atoms with van der Waals surface area (Å²) >= 11 is 0. The first-order chi connectivity index (χ1) is 3.80. The summed E-state index contributed by atoms with van der Waals surface area (Å²) in [4.78, 5) is 0. The van der Waals surface area contributed by atoms with Crippen molar-refractivity contribution in [1.29, 1.82) is 0 Å². The third-order valence-electron chi connectivity index (χ3n) is 1.77. The molecule has 3 nitrogen and oxygen atoms in total. The molecule has 70 valence electrons. The van der Waals surface area contributed by atoms with Gasteiger partial charge in [-0.05, 0) is 0 Å². The summed E-state index contributed by atoms with van der Waals surface area (Å²) < 4.78 is 0. The van der Waals surface area contributed by atoms with Crippen molar-refractivity contribution in [3.05, 3.63) is 18.9 Å². The fraction of sp³-hybridized carbons (Fsp3) is 0.857. The van der Waals surface area contributed by atoms with E-state index in [0.717, 1.165) is 12.8 Å². The van der Waals surface area contributed by atoms with Gasteiger partial charge in [-0.3, -0.25) is 0 Å². The molecule has 0 spiro atoms. The van der Waals surface area contributed by atoms with Crippen molar-refractivity contribution in [2.24, 2.45) is 0 Å². The standard InChI is InChI=1S/C6H12N2.CH3.Ir.H2O/c7-5-3-1-2-4-6(5)8;;;/h5-8H,1-4H2;1H3;;1H2/q-2;-1;+3;/t5-,6?;;;/m0.../s1. The van der Waals surface area contributed by atoms with E-state index in [0.29, 0.717) is 0 Å². The van der Waals surface area contributed by atoms with E-state index in [1.165, 1.54) is 12.8 Å². The smallest absolute Gasteiger partial charge is 0.676 e. The summed E-state index contributed by atoms with van der Waals surface area (Å²) in [5.74, 6) is 0. The van der Waals surface area contributed by atoms with Crippen LogP contribution < -0.4 is 0 Å². The largest absolute Gasteiger partial charge is 3.00 e. The third-order valence-corrected chi connectivity index (χ3v) is 1.77. The second-order valence-corrected chi connectivity index (χ2v) is 2.50. The van der Waals surface area contributed by atoms with Gasteiger partial charge in [0.05, 0.1) is 0 Å². The molecule has 2 atom stereocenters. The molecule has 1 saturated carbocycles. The quantitative estimate of drug-likeness (QED) is 0.606. The summed E-state index contributed by atoms with van der Waals surface area (Å²) in [5, 5.41) is 0. The van der Waals surface area contributed by atoms with Crippen LogP contribution in [0.15, 0.2) is 0 Å². The molecule has 0 radical (unpaired) electrons. The van der Waals surface area contributed by atoms with Gasteiger partial charge in [0.25, 0.3) is 0 Å². The van der Waals surface area contributed by atoms with Gasteiger partial charge >= 0.3 is 20.1 Å². The topological polar surface area (TPSA) is 79.1 Å². The molecule has 0 aliphatic heterocycles. The Kier molecular flexibility index (Phi) is 13.8. The van der Waals surface area contributed by atoms with Crippen LogP contribution in [0.4, 0.5) is 0 Å². The number of rotatable bonds is 0. The predicted molar refractivity (Wildman–Crippen MR) is 44.7 cm³/mol. The molecule has 0 aromatic rings. The second-order valence-electron chi connectivity index (χ2n) is 2.50. The minimum Gasteiger partial charge on any atom is -0.676 e. The van der Waals surface area contributed by atoms with E-state index >= 15 is 0 Å². The Hall–Kier alpha value is 0.529.